The van der Waals surface area contributed by atoms with E-state index >= 15 is 0 Å². The van der Waals surface area contributed by atoms with Gasteiger partial charge < -0.3 is 9.47 Å². The number of hydrogen-bond donors (Lipinski definition) is 0. The van der Waals surface area contributed by atoms with E-state index in [0.717, 1.165) is 0 Å². The molecule has 0 aliphatic rings. The zero-order valence-corrected chi connectivity index (χ0v) is 13.2. The molecule has 0 radical (unpaired) electrons. The van der Waals surface area contributed by atoms with Gasteiger partial charge in [0, 0.05) is 17.4 Å². The van der Waals surface area contributed by atoms with Gasteiger partial charge in [-0.1, -0.05) is 52.3 Å². The van der Waals surface area contributed by atoms with Gasteiger partial charge in [-0.15, -0.1) is 0 Å². The molecule has 0 aliphatic heterocycles. The van der Waals surface area contributed by atoms with Crippen LogP contribution >= 0.6 is 11.6 Å². The van der Waals surface area contributed by atoms with Crippen LogP contribution in [0.5, 0.6) is 5.75 Å². The Hall–Kier alpha value is -1.22. The molecular formula is C15H23ClO3. The number of carbonyl (C=O) groups excluding carboxylic acids is 1. The van der Waals surface area contributed by atoms with Gasteiger partial charge in [-0.25, -0.2) is 0 Å². The van der Waals surface area contributed by atoms with Gasteiger partial charge in [-0.2, -0.15) is 0 Å². The quantitative estimate of drug-likeness (QED) is 0.598. The predicted octanol–water partition coefficient (Wildman–Crippen LogP) is 4.68. The zero-order chi connectivity index (χ0) is 15.1. The van der Waals surface area contributed by atoms with Crippen molar-refractivity contribution in [3.05, 3.63) is 29.3 Å². The SMILES string of the molecule is CC.CC(=O)OC(Oc1cccc(Cl)c1)C(C)(C)C. The van der Waals surface area contributed by atoms with E-state index in [2.05, 4.69) is 0 Å². The highest BCUT2D eigenvalue weighted by Gasteiger charge is 2.29. The molecule has 0 N–H and O–H groups in total. The lowest BCUT2D eigenvalue weighted by atomic mass is 9.96. The number of rotatable bonds is 3. The Labute approximate surface area is 120 Å². The van der Waals surface area contributed by atoms with Crippen LogP contribution in [0.1, 0.15) is 41.5 Å². The fraction of sp³-hybridized carbons (Fsp3) is 0.533. The van der Waals surface area contributed by atoms with Crippen molar-refractivity contribution in [1.82, 2.24) is 0 Å². The normalized spacial score (nSPS) is 11.9. The average Bonchev–Trinajstić information content (AvgIpc) is 2.29. The van der Waals surface area contributed by atoms with Crippen molar-refractivity contribution >= 4 is 17.6 Å². The lowest BCUT2D eigenvalue weighted by Crippen LogP contribution is -2.36. The molecular weight excluding hydrogens is 264 g/mol. The number of ether oxygens (including phenoxy) is 2. The van der Waals surface area contributed by atoms with Gasteiger partial charge in [0.15, 0.2) is 0 Å². The highest BCUT2D eigenvalue weighted by molar-refractivity contribution is 6.30. The topological polar surface area (TPSA) is 35.5 Å². The molecule has 0 aliphatic carbocycles. The monoisotopic (exact) mass is 286 g/mol. The lowest BCUT2D eigenvalue weighted by molar-refractivity contribution is -0.176. The van der Waals surface area contributed by atoms with E-state index in [9.17, 15) is 4.79 Å². The second kappa shape index (κ2) is 8.05. The van der Waals surface area contributed by atoms with Crippen molar-refractivity contribution in [1.29, 1.82) is 0 Å². The number of esters is 1. The first kappa shape index (κ1) is 17.8. The van der Waals surface area contributed by atoms with Crippen molar-refractivity contribution in [2.75, 3.05) is 0 Å². The molecule has 3 nitrogen and oxygen atoms in total. The van der Waals surface area contributed by atoms with Gasteiger partial charge in [0.1, 0.15) is 5.75 Å². The summed E-state index contributed by atoms with van der Waals surface area (Å²) < 4.78 is 10.8. The molecule has 0 aromatic heterocycles. The summed E-state index contributed by atoms with van der Waals surface area (Å²) in [5, 5.41) is 0.581. The molecule has 108 valence electrons. The van der Waals surface area contributed by atoms with Crippen LogP contribution in [0.15, 0.2) is 24.3 Å². The van der Waals surface area contributed by atoms with Gasteiger partial charge in [0.25, 0.3) is 0 Å². The van der Waals surface area contributed by atoms with Crippen LogP contribution in [0.3, 0.4) is 0 Å². The highest BCUT2D eigenvalue weighted by atomic mass is 35.5. The third kappa shape index (κ3) is 7.06. The van der Waals surface area contributed by atoms with Crippen molar-refractivity contribution in [3.63, 3.8) is 0 Å². The van der Waals surface area contributed by atoms with Gasteiger partial charge in [0.2, 0.25) is 6.29 Å². The van der Waals surface area contributed by atoms with Crippen LogP contribution in [-0.4, -0.2) is 12.3 Å². The Morgan fingerprint density at radius 2 is 1.84 bits per heavy atom. The maximum absolute atomic E-state index is 11.0. The molecule has 0 bridgehead atoms. The summed E-state index contributed by atoms with van der Waals surface area (Å²) in [6.07, 6.45) is -0.640. The molecule has 0 saturated carbocycles. The van der Waals surface area contributed by atoms with Crippen LogP contribution < -0.4 is 4.74 Å². The van der Waals surface area contributed by atoms with Gasteiger partial charge in [-0.05, 0) is 18.2 Å². The van der Waals surface area contributed by atoms with Crippen LogP contribution in [0.25, 0.3) is 0 Å². The fourth-order valence-electron chi connectivity index (χ4n) is 1.19. The molecule has 1 atom stereocenters. The average molecular weight is 287 g/mol. The third-order valence-electron chi connectivity index (χ3n) is 2.02. The Balaban J connectivity index is 0.00000154. The van der Waals surface area contributed by atoms with Gasteiger partial charge in [-0.3, -0.25) is 4.79 Å². The second-order valence-electron chi connectivity index (χ2n) is 4.88. The second-order valence-corrected chi connectivity index (χ2v) is 5.32. The summed E-state index contributed by atoms with van der Waals surface area (Å²) >= 11 is 5.86. The maximum Gasteiger partial charge on any atom is 0.305 e. The lowest BCUT2D eigenvalue weighted by Gasteiger charge is -2.29. The van der Waals surface area contributed by atoms with E-state index < -0.39 is 6.29 Å². The molecule has 0 fully saturated rings. The summed E-state index contributed by atoms with van der Waals surface area (Å²) in [5.74, 6) is 0.214. The summed E-state index contributed by atoms with van der Waals surface area (Å²) in [6.45, 7) is 11.2. The van der Waals surface area contributed by atoms with Gasteiger partial charge in [0.05, 0.1) is 0 Å². The fourth-order valence-corrected chi connectivity index (χ4v) is 1.37. The van der Waals surface area contributed by atoms with E-state index in [0.29, 0.717) is 10.8 Å². The molecule has 1 rings (SSSR count). The van der Waals surface area contributed by atoms with Crippen LogP contribution in [0.4, 0.5) is 0 Å². The van der Waals surface area contributed by atoms with E-state index in [1.807, 2.05) is 34.6 Å². The Bertz CT molecular complexity index is 397. The van der Waals surface area contributed by atoms with Gasteiger partial charge >= 0.3 is 5.97 Å². The molecule has 1 aromatic carbocycles. The van der Waals surface area contributed by atoms with E-state index in [1.165, 1.54) is 6.92 Å². The summed E-state index contributed by atoms with van der Waals surface area (Å²) in [5.41, 5.74) is -0.312. The number of benzene rings is 1. The molecule has 0 heterocycles. The number of carbonyl (C=O) groups is 1. The molecule has 1 aromatic rings. The van der Waals surface area contributed by atoms with Crippen LogP contribution in [0.2, 0.25) is 5.02 Å². The van der Waals surface area contributed by atoms with Crippen molar-refractivity contribution in [2.45, 2.75) is 47.8 Å². The Morgan fingerprint density at radius 3 is 2.26 bits per heavy atom. The van der Waals surface area contributed by atoms with Crippen molar-refractivity contribution in [3.8, 4) is 5.75 Å². The minimum absolute atomic E-state index is 0.312. The predicted molar refractivity (Wildman–Crippen MR) is 78.4 cm³/mol. The van der Waals surface area contributed by atoms with E-state index in [1.54, 1.807) is 24.3 Å². The molecule has 1 unspecified atom stereocenters. The summed E-state index contributed by atoms with van der Waals surface area (Å²) in [4.78, 5) is 11.0. The highest BCUT2D eigenvalue weighted by Crippen LogP contribution is 2.27. The minimum Gasteiger partial charge on any atom is -0.454 e. The molecule has 0 amide bonds. The first-order valence-electron chi connectivity index (χ1n) is 6.38. The Morgan fingerprint density at radius 1 is 1.26 bits per heavy atom. The van der Waals surface area contributed by atoms with Crippen LogP contribution in [0, 0.1) is 5.41 Å². The first-order valence-corrected chi connectivity index (χ1v) is 6.76. The molecule has 0 spiro atoms. The zero-order valence-electron chi connectivity index (χ0n) is 12.5. The Kier molecular flexibility index (Phi) is 7.53. The summed E-state index contributed by atoms with van der Waals surface area (Å²) in [6, 6.07) is 7.00. The molecule has 0 saturated heterocycles. The summed E-state index contributed by atoms with van der Waals surface area (Å²) in [7, 11) is 0. The first-order chi connectivity index (χ1) is 8.79. The number of halogens is 1. The maximum atomic E-state index is 11.0. The standard InChI is InChI=1S/C13H17ClO3.C2H6/c1-9(15)16-12(13(2,3)4)17-11-7-5-6-10(14)8-11;1-2/h5-8,12H,1-4H3;1-2H3. The molecule has 19 heavy (non-hydrogen) atoms. The minimum atomic E-state index is -0.640. The third-order valence-corrected chi connectivity index (χ3v) is 2.25. The smallest absolute Gasteiger partial charge is 0.305 e. The number of hydrogen-bond acceptors (Lipinski definition) is 3. The van der Waals surface area contributed by atoms with Crippen molar-refractivity contribution in [2.24, 2.45) is 5.41 Å². The van der Waals surface area contributed by atoms with Crippen LogP contribution in [-0.2, 0) is 9.53 Å². The largest absolute Gasteiger partial charge is 0.454 e. The van der Waals surface area contributed by atoms with E-state index in [-0.39, 0.29) is 11.4 Å². The molecule has 4 heteroatoms. The van der Waals surface area contributed by atoms with E-state index in [4.69, 9.17) is 21.1 Å². The van der Waals surface area contributed by atoms with Crippen molar-refractivity contribution < 1.29 is 14.3 Å².